The van der Waals surface area contributed by atoms with E-state index >= 15 is 0 Å². The molecule has 1 heterocycles. The van der Waals surface area contributed by atoms with E-state index in [9.17, 15) is 14.3 Å². The van der Waals surface area contributed by atoms with Gasteiger partial charge in [0, 0.05) is 33.1 Å². The summed E-state index contributed by atoms with van der Waals surface area (Å²) in [6.45, 7) is 4.63. The van der Waals surface area contributed by atoms with E-state index in [-0.39, 0.29) is 42.2 Å². The highest BCUT2D eigenvalue weighted by atomic mass is 127. The lowest BCUT2D eigenvalue weighted by molar-refractivity contribution is -0.121. The lowest BCUT2D eigenvalue weighted by Gasteiger charge is -2.34. The first kappa shape index (κ1) is 23.6. The van der Waals surface area contributed by atoms with Crippen molar-refractivity contribution in [1.82, 2.24) is 15.5 Å². The molecule has 0 spiro atoms. The average molecular weight is 492 g/mol. The topological polar surface area (TPSA) is 77.0 Å². The minimum atomic E-state index is -0.768. The molecule has 1 amide bonds. The number of aliphatic hydroxyl groups excluding tert-OH is 1. The van der Waals surface area contributed by atoms with E-state index in [1.165, 1.54) is 12.1 Å². The van der Waals surface area contributed by atoms with Gasteiger partial charge in [-0.2, -0.15) is 0 Å². The number of aliphatic hydroxyl groups is 1. The molecule has 2 rings (SSSR count). The Bertz CT molecular complexity index is 604. The predicted molar refractivity (Wildman–Crippen MR) is 116 cm³/mol. The SMILES string of the molecule is CCNC(=NCC(O)c1ccc(F)cc1)N1CCC(CC(=O)NC)CC1.I. The second-order valence-electron chi connectivity index (χ2n) is 6.57. The number of hydrogen-bond acceptors (Lipinski definition) is 3. The number of carbonyl (C=O) groups is 1. The third-order valence-electron chi connectivity index (χ3n) is 4.67. The lowest BCUT2D eigenvalue weighted by Crippen LogP contribution is -2.46. The Kier molecular flexibility index (Phi) is 10.6. The Morgan fingerprint density at radius 2 is 1.96 bits per heavy atom. The monoisotopic (exact) mass is 492 g/mol. The van der Waals surface area contributed by atoms with Crippen molar-refractivity contribution in [3.63, 3.8) is 0 Å². The number of carbonyl (C=O) groups excluding carboxylic acids is 1. The predicted octanol–water partition coefficient (Wildman–Crippen LogP) is 2.29. The summed E-state index contributed by atoms with van der Waals surface area (Å²) in [5.74, 6) is 0.940. The first-order valence-electron chi connectivity index (χ1n) is 9.20. The van der Waals surface area contributed by atoms with Crippen LogP contribution < -0.4 is 10.6 Å². The van der Waals surface area contributed by atoms with E-state index in [0.29, 0.717) is 17.9 Å². The molecule has 27 heavy (non-hydrogen) atoms. The third-order valence-corrected chi connectivity index (χ3v) is 4.67. The van der Waals surface area contributed by atoms with Gasteiger partial charge in [-0.1, -0.05) is 12.1 Å². The summed E-state index contributed by atoms with van der Waals surface area (Å²) < 4.78 is 13.0. The van der Waals surface area contributed by atoms with Crippen LogP contribution in [0.1, 0.15) is 37.9 Å². The number of piperidine rings is 1. The fourth-order valence-electron chi connectivity index (χ4n) is 3.10. The summed E-state index contributed by atoms with van der Waals surface area (Å²) in [5, 5.41) is 16.2. The van der Waals surface area contributed by atoms with Gasteiger partial charge in [0.15, 0.2) is 5.96 Å². The summed E-state index contributed by atoms with van der Waals surface area (Å²) in [4.78, 5) is 18.2. The molecule has 1 fully saturated rings. The number of rotatable bonds is 6. The zero-order valence-corrected chi connectivity index (χ0v) is 18.3. The summed E-state index contributed by atoms with van der Waals surface area (Å²) >= 11 is 0. The molecule has 1 unspecified atom stereocenters. The Balaban J connectivity index is 0.00000364. The van der Waals surface area contributed by atoms with E-state index in [4.69, 9.17) is 0 Å². The van der Waals surface area contributed by atoms with Crippen molar-refractivity contribution in [2.75, 3.05) is 33.2 Å². The van der Waals surface area contributed by atoms with Gasteiger partial charge in [0.05, 0.1) is 12.6 Å². The molecule has 6 nitrogen and oxygen atoms in total. The maximum atomic E-state index is 13.0. The molecular weight excluding hydrogens is 462 g/mol. The zero-order chi connectivity index (χ0) is 18.9. The number of likely N-dealkylation sites (tertiary alicyclic amines) is 1. The fraction of sp³-hybridized carbons (Fsp3) is 0.579. The number of aliphatic imine (C=N–C) groups is 1. The molecular formula is C19H30FIN4O2. The summed E-state index contributed by atoms with van der Waals surface area (Å²) in [6, 6.07) is 5.83. The van der Waals surface area contributed by atoms with Crippen LogP contribution in [-0.2, 0) is 4.79 Å². The van der Waals surface area contributed by atoms with E-state index in [2.05, 4.69) is 20.5 Å². The van der Waals surface area contributed by atoms with Crippen LogP contribution >= 0.6 is 24.0 Å². The lowest BCUT2D eigenvalue weighted by atomic mass is 9.93. The molecule has 1 aliphatic rings. The van der Waals surface area contributed by atoms with E-state index in [0.717, 1.165) is 38.4 Å². The number of amides is 1. The van der Waals surface area contributed by atoms with Gasteiger partial charge in [0.2, 0.25) is 5.91 Å². The van der Waals surface area contributed by atoms with Gasteiger partial charge in [-0.15, -0.1) is 24.0 Å². The quantitative estimate of drug-likeness (QED) is 0.324. The number of halogens is 2. The highest BCUT2D eigenvalue weighted by molar-refractivity contribution is 14.0. The van der Waals surface area contributed by atoms with Gasteiger partial charge >= 0.3 is 0 Å². The maximum absolute atomic E-state index is 13.0. The maximum Gasteiger partial charge on any atom is 0.220 e. The molecule has 0 bridgehead atoms. The van der Waals surface area contributed by atoms with Crippen LogP contribution in [0.2, 0.25) is 0 Å². The van der Waals surface area contributed by atoms with Crippen molar-refractivity contribution in [3.05, 3.63) is 35.6 Å². The van der Waals surface area contributed by atoms with Gasteiger partial charge in [-0.3, -0.25) is 9.79 Å². The normalized spacial score (nSPS) is 16.4. The molecule has 152 valence electrons. The van der Waals surface area contributed by atoms with E-state index in [1.807, 2.05) is 6.92 Å². The minimum Gasteiger partial charge on any atom is -0.386 e. The molecule has 1 aromatic rings. The number of nitrogens with zero attached hydrogens (tertiary/aromatic N) is 2. The molecule has 8 heteroatoms. The second kappa shape index (κ2) is 12.1. The minimum absolute atomic E-state index is 0. The van der Waals surface area contributed by atoms with Crippen molar-refractivity contribution in [2.24, 2.45) is 10.9 Å². The molecule has 1 aliphatic heterocycles. The second-order valence-corrected chi connectivity index (χ2v) is 6.57. The summed E-state index contributed by atoms with van der Waals surface area (Å²) in [7, 11) is 1.67. The molecule has 0 aromatic heterocycles. The fourth-order valence-corrected chi connectivity index (χ4v) is 3.10. The van der Waals surface area contributed by atoms with Crippen molar-refractivity contribution >= 4 is 35.8 Å². The molecule has 3 N–H and O–H groups in total. The molecule has 1 aromatic carbocycles. The highest BCUT2D eigenvalue weighted by Crippen LogP contribution is 2.21. The molecule has 0 saturated carbocycles. The third kappa shape index (κ3) is 7.61. The standard InChI is InChI=1S/C19H29FN4O2.HI/c1-3-22-19(23-13-17(25)15-4-6-16(20)7-5-15)24-10-8-14(9-11-24)12-18(26)21-2;/h4-7,14,17,25H,3,8-13H2,1-2H3,(H,21,26)(H,22,23);1H. The van der Waals surface area contributed by atoms with Gasteiger partial charge in [-0.05, 0) is 43.4 Å². The van der Waals surface area contributed by atoms with Gasteiger partial charge in [0.25, 0.3) is 0 Å². The molecule has 1 saturated heterocycles. The largest absolute Gasteiger partial charge is 0.386 e. The van der Waals surface area contributed by atoms with E-state index in [1.54, 1.807) is 19.2 Å². The van der Waals surface area contributed by atoms with Crippen molar-refractivity contribution in [1.29, 1.82) is 0 Å². The van der Waals surface area contributed by atoms with Crippen molar-refractivity contribution in [3.8, 4) is 0 Å². The van der Waals surface area contributed by atoms with Crippen LogP contribution in [-0.4, -0.2) is 55.1 Å². The Hall–Kier alpha value is -1.42. The Labute approximate surface area is 177 Å². The smallest absolute Gasteiger partial charge is 0.220 e. The van der Waals surface area contributed by atoms with Gasteiger partial charge < -0.3 is 20.6 Å². The van der Waals surface area contributed by atoms with Crippen LogP contribution in [0, 0.1) is 11.7 Å². The molecule has 0 aliphatic carbocycles. The van der Waals surface area contributed by atoms with Crippen LogP contribution in [0.15, 0.2) is 29.3 Å². The molecule has 1 atom stereocenters. The zero-order valence-electron chi connectivity index (χ0n) is 15.9. The molecule has 0 radical (unpaired) electrons. The number of benzene rings is 1. The van der Waals surface area contributed by atoms with Crippen molar-refractivity contribution in [2.45, 2.75) is 32.3 Å². The first-order chi connectivity index (χ1) is 12.5. The van der Waals surface area contributed by atoms with Gasteiger partial charge in [0.1, 0.15) is 5.82 Å². The number of guanidine groups is 1. The summed E-state index contributed by atoms with van der Waals surface area (Å²) in [6.07, 6.45) is 1.69. The summed E-state index contributed by atoms with van der Waals surface area (Å²) in [5.41, 5.74) is 0.648. The van der Waals surface area contributed by atoms with Gasteiger partial charge in [-0.25, -0.2) is 4.39 Å². The van der Waals surface area contributed by atoms with Crippen molar-refractivity contribution < 1.29 is 14.3 Å². The first-order valence-corrected chi connectivity index (χ1v) is 9.20. The number of hydrogen-bond donors (Lipinski definition) is 3. The van der Waals surface area contributed by atoms with Crippen LogP contribution in [0.3, 0.4) is 0 Å². The van der Waals surface area contributed by atoms with Crippen LogP contribution in [0.4, 0.5) is 4.39 Å². The Morgan fingerprint density at radius 3 is 2.52 bits per heavy atom. The van der Waals surface area contributed by atoms with E-state index < -0.39 is 6.10 Å². The Morgan fingerprint density at radius 1 is 1.33 bits per heavy atom. The number of nitrogens with one attached hydrogen (secondary N) is 2. The van der Waals surface area contributed by atoms with Crippen LogP contribution in [0.5, 0.6) is 0 Å². The average Bonchev–Trinajstić information content (AvgIpc) is 2.66. The van der Waals surface area contributed by atoms with Crippen LogP contribution in [0.25, 0.3) is 0 Å². The highest BCUT2D eigenvalue weighted by Gasteiger charge is 2.23.